The molecule has 8 rings (SSSR count). The summed E-state index contributed by atoms with van der Waals surface area (Å²) in [7, 11) is -2.78. The molecule has 0 aliphatic carbocycles. The fourth-order valence-electron chi connectivity index (χ4n) is 7.13. The molecule has 2 nitrogen and oxygen atoms in total. The van der Waals surface area contributed by atoms with Gasteiger partial charge in [-0.05, 0) is 68.3 Å². The van der Waals surface area contributed by atoms with Crippen molar-refractivity contribution in [3.8, 4) is 22.9 Å². The maximum absolute atomic E-state index is 9.90. The minimum Gasteiger partial charge on any atom is -0.309 e. The molecule has 0 unspecified atom stereocenters. The Balaban J connectivity index is 1.30. The van der Waals surface area contributed by atoms with E-state index >= 15 is 0 Å². The Bertz CT molecular complexity index is 2270. The molecular weight excluding hydrogens is 573 g/mol. The maximum atomic E-state index is 9.90. The normalized spacial score (nSPS) is 11.5. The smallest absolute Gasteiger partial charge is 0.179 e. The molecule has 0 spiro atoms. The van der Waals surface area contributed by atoms with Gasteiger partial charge in [0.25, 0.3) is 0 Å². The van der Waals surface area contributed by atoms with Gasteiger partial charge in [-0.1, -0.05) is 146 Å². The fraction of sp³-hybridized carbons (Fsp3) is 0. The zero-order chi connectivity index (χ0) is 30.9. The number of hydrogen-bond donors (Lipinski definition) is 0. The van der Waals surface area contributed by atoms with E-state index in [1.807, 2.05) is 12.1 Å². The molecule has 0 N–H and O–H groups in total. The minimum atomic E-state index is -2.78. The Morgan fingerprint density at radius 2 is 0.913 bits per heavy atom. The summed E-state index contributed by atoms with van der Waals surface area (Å²) in [4.78, 5) is 0. The zero-order valence-electron chi connectivity index (χ0n) is 25.2. The summed E-state index contributed by atoms with van der Waals surface area (Å²) in [5, 5.41) is 17.5. The number of para-hydroxylation sites is 2. The first-order valence-electron chi connectivity index (χ1n) is 15.6. The highest BCUT2D eigenvalue weighted by atomic mass is 28.3. The second kappa shape index (κ2) is 11.5. The summed E-state index contributed by atoms with van der Waals surface area (Å²) in [5.41, 5.74) is 6.58. The molecule has 8 aromatic rings. The summed E-state index contributed by atoms with van der Waals surface area (Å²) in [5.74, 6) is 0. The van der Waals surface area contributed by atoms with E-state index in [4.69, 9.17) is 0 Å². The highest BCUT2D eigenvalue weighted by Gasteiger charge is 2.41. The van der Waals surface area contributed by atoms with Gasteiger partial charge in [0, 0.05) is 16.5 Å². The van der Waals surface area contributed by atoms with E-state index in [0.29, 0.717) is 5.56 Å². The molecule has 0 aliphatic heterocycles. The van der Waals surface area contributed by atoms with Crippen molar-refractivity contribution in [3.63, 3.8) is 0 Å². The summed E-state index contributed by atoms with van der Waals surface area (Å²) >= 11 is 0. The van der Waals surface area contributed by atoms with Crippen molar-refractivity contribution in [2.24, 2.45) is 0 Å². The quantitative estimate of drug-likeness (QED) is 0.142. The van der Waals surface area contributed by atoms with Crippen molar-refractivity contribution in [3.05, 3.63) is 188 Å². The van der Waals surface area contributed by atoms with Crippen LogP contribution < -0.4 is 20.7 Å². The number of fused-ring (bicyclic) bond motifs is 3. The highest BCUT2D eigenvalue weighted by molar-refractivity contribution is 7.19. The number of hydrogen-bond acceptors (Lipinski definition) is 1. The van der Waals surface area contributed by atoms with Gasteiger partial charge in [-0.25, -0.2) is 0 Å². The first kappa shape index (κ1) is 27.6. The van der Waals surface area contributed by atoms with Crippen LogP contribution in [0.1, 0.15) is 5.56 Å². The van der Waals surface area contributed by atoms with Gasteiger partial charge in [-0.15, -0.1) is 0 Å². The Morgan fingerprint density at radius 3 is 1.50 bits per heavy atom. The largest absolute Gasteiger partial charge is 0.309 e. The second-order valence-corrected chi connectivity index (χ2v) is 15.5. The Labute approximate surface area is 270 Å². The van der Waals surface area contributed by atoms with Gasteiger partial charge in [0.15, 0.2) is 8.07 Å². The Kier molecular flexibility index (Phi) is 6.91. The SMILES string of the molecule is N#Cc1cccc([Si](c2ccccc2)(c2ccccc2)c2cccc(-c3ccc(-n4c5ccccc5c5ccccc54)cc3)c2)c1. The van der Waals surface area contributed by atoms with E-state index in [2.05, 4.69) is 180 Å². The average molecular weight is 603 g/mol. The van der Waals surface area contributed by atoms with Crippen LogP contribution in [-0.4, -0.2) is 12.6 Å². The predicted octanol–water partition coefficient (Wildman–Crippen LogP) is 7.70. The van der Waals surface area contributed by atoms with Crippen LogP contribution in [0.3, 0.4) is 0 Å². The molecule has 0 bridgehead atoms. The molecule has 216 valence electrons. The summed E-state index contributed by atoms with van der Waals surface area (Å²) < 4.78 is 2.36. The van der Waals surface area contributed by atoms with Crippen molar-refractivity contribution in [1.82, 2.24) is 4.57 Å². The van der Waals surface area contributed by atoms with Gasteiger partial charge in [0.05, 0.1) is 22.7 Å². The molecule has 0 saturated heterocycles. The molecule has 0 radical (unpaired) electrons. The molecule has 3 heteroatoms. The second-order valence-electron chi connectivity index (χ2n) is 11.7. The predicted molar refractivity (Wildman–Crippen MR) is 195 cm³/mol. The molecule has 0 aliphatic rings. The lowest BCUT2D eigenvalue weighted by atomic mass is 10.1. The Morgan fingerprint density at radius 1 is 0.413 bits per heavy atom. The number of rotatable bonds is 6. The standard InChI is InChI=1S/C43H30N2Si/c44-31-32-13-11-19-38(29-32)46(36-15-3-1-4-16-36,37-17-5-2-6-18-37)39-20-12-14-34(30-39)33-25-27-35(28-26-33)45-42-23-9-7-21-40(42)41-22-8-10-24-43(41)45/h1-30H. The van der Waals surface area contributed by atoms with Gasteiger partial charge in [-0.2, -0.15) is 5.26 Å². The van der Waals surface area contributed by atoms with Crippen LogP contribution in [0.2, 0.25) is 0 Å². The molecule has 0 amide bonds. The van der Waals surface area contributed by atoms with Crippen LogP contribution >= 0.6 is 0 Å². The molecule has 46 heavy (non-hydrogen) atoms. The van der Waals surface area contributed by atoms with Crippen molar-refractivity contribution in [2.45, 2.75) is 0 Å². The molecule has 7 aromatic carbocycles. The third kappa shape index (κ3) is 4.47. The van der Waals surface area contributed by atoms with Gasteiger partial charge >= 0.3 is 0 Å². The van der Waals surface area contributed by atoms with Gasteiger partial charge in [0.1, 0.15) is 0 Å². The summed E-state index contributed by atoms with van der Waals surface area (Å²) in [6.07, 6.45) is 0. The van der Waals surface area contributed by atoms with Crippen LogP contribution in [0.5, 0.6) is 0 Å². The number of nitriles is 1. The van der Waals surface area contributed by atoms with Crippen LogP contribution in [0.4, 0.5) is 0 Å². The highest BCUT2D eigenvalue weighted by Crippen LogP contribution is 2.32. The van der Waals surface area contributed by atoms with Crippen molar-refractivity contribution in [1.29, 1.82) is 5.26 Å². The zero-order valence-corrected chi connectivity index (χ0v) is 26.2. The topological polar surface area (TPSA) is 28.7 Å². The van der Waals surface area contributed by atoms with Gasteiger partial charge in [0.2, 0.25) is 0 Å². The van der Waals surface area contributed by atoms with Gasteiger partial charge in [-0.3, -0.25) is 0 Å². The molecule has 0 fully saturated rings. The Hall–Kier alpha value is -5.95. The first-order valence-corrected chi connectivity index (χ1v) is 17.6. The van der Waals surface area contributed by atoms with E-state index in [1.54, 1.807) is 0 Å². The summed E-state index contributed by atoms with van der Waals surface area (Å²) in [6.45, 7) is 0. The third-order valence-electron chi connectivity index (χ3n) is 9.17. The molecule has 0 saturated carbocycles. The van der Waals surface area contributed by atoms with Gasteiger partial charge < -0.3 is 4.57 Å². The van der Waals surface area contributed by atoms with E-state index < -0.39 is 8.07 Å². The lowest BCUT2D eigenvalue weighted by Gasteiger charge is -2.34. The van der Waals surface area contributed by atoms with Crippen molar-refractivity contribution >= 4 is 50.6 Å². The molecule has 0 atom stereocenters. The lowest BCUT2D eigenvalue weighted by molar-refractivity contribution is 1.18. The van der Waals surface area contributed by atoms with Crippen LogP contribution in [0.15, 0.2) is 182 Å². The summed E-state index contributed by atoms with van der Waals surface area (Å²) in [6, 6.07) is 67.6. The monoisotopic (exact) mass is 602 g/mol. The third-order valence-corrected chi connectivity index (χ3v) is 13.9. The van der Waals surface area contributed by atoms with E-state index in [0.717, 1.165) is 5.69 Å². The van der Waals surface area contributed by atoms with Crippen molar-refractivity contribution in [2.75, 3.05) is 0 Å². The van der Waals surface area contributed by atoms with E-state index in [1.165, 1.54) is 53.7 Å². The van der Waals surface area contributed by atoms with Crippen LogP contribution in [-0.2, 0) is 0 Å². The first-order chi connectivity index (χ1) is 22.8. The van der Waals surface area contributed by atoms with Crippen molar-refractivity contribution < 1.29 is 0 Å². The average Bonchev–Trinajstić information content (AvgIpc) is 3.48. The van der Waals surface area contributed by atoms with Crippen LogP contribution in [0, 0.1) is 11.3 Å². The molecular formula is C43H30N2Si. The molecule has 1 heterocycles. The number of nitrogens with zero attached hydrogens (tertiary/aromatic N) is 2. The maximum Gasteiger partial charge on any atom is 0.179 e. The fourth-order valence-corrected chi connectivity index (χ4v) is 12.0. The van der Waals surface area contributed by atoms with E-state index in [-0.39, 0.29) is 0 Å². The van der Waals surface area contributed by atoms with Crippen LogP contribution in [0.25, 0.3) is 38.6 Å². The number of benzene rings is 7. The van der Waals surface area contributed by atoms with E-state index in [9.17, 15) is 5.26 Å². The number of aromatic nitrogens is 1. The molecule has 1 aromatic heterocycles. The lowest BCUT2D eigenvalue weighted by Crippen LogP contribution is -2.74. The minimum absolute atomic E-state index is 0.679.